The van der Waals surface area contributed by atoms with Crippen molar-refractivity contribution >= 4 is 33.7 Å². The minimum atomic E-state index is -0.602. The zero-order valence-electron chi connectivity index (χ0n) is 11.0. The highest BCUT2D eigenvalue weighted by Crippen LogP contribution is 2.19. The molecule has 0 saturated carbocycles. The number of nitro groups is 1. The smallest absolute Gasteiger partial charge is 0.307 e. The SMILES string of the molecule is O=C(Cn1cc([N+](=O)[O-])cn1)NN=Cc1cc(Br)ccc1O. The van der Waals surface area contributed by atoms with Gasteiger partial charge in [0.15, 0.2) is 0 Å². The van der Waals surface area contributed by atoms with Crippen molar-refractivity contribution in [2.45, 2.75) is 6.54 Å². The highest BCUT2D eigenvalue weighted by Gasteiger charge is 2.10. The Labute approximate surface area is 132 Å². The first-order valence-corrected chi connectivity index (χ1v) is 6.72. The summed E-state index contributed by atoms with van der Waals surface area (Å²) in [5.74, 6) is -0.493. The van der Waals surface area contributed by atoms with Crippen LogP contribution < -0.4 is 5.43 Å². The van der Waals surface area contributed by atoms with Crippen LogP contribution in [0.15, 0.2) is 40.2 Å². The number of rotatable bonds is 5. The fourth-order valence-electron chi connectivity index (χ4n) is 1.52. The van der Waals surface area contributed by atoms with Gasteiger partial charge in [0, 0.05) is 10.0 Å². The summed E-state index contributed by atoms with van der Waals surface area (Å²) in [5.41, 5.74) is 2.46. The molecule has 10 heteroatoms. The van der Waals surface area contributed by atoms with Gasteiger partial charge in [0.25, 0.3) is 5.91 Å². The maximum absolute atomic E-state index is 11.6. The van der Waals surface area contributed by atoms with Crippen LogP contribution in [0.2, 0.25) is 0 Å². The first-order chi connectivity index (χ1) is 10.5. The normalized spacial score (nSPS) is 10.8. The van der Waals surface area contributed by atoms with E-state index in [0.29, 0.717) is 5.56 Å². The number of hydrogen-bond acceptors (Lipinski definition) is 6. The Kier molecular flexibility index (Phi) is 4.84. The predicted octanol–water partition coefficient (Wildman–Crippen LogP) is 1.41. The second-order valence-electron chi connectivity index (χ2n) is 4.15. The average Bonchev–Trinajstić information content (AvgIpc) is 2.91. The number of aromatic hydroxyl groups is 1. The number of phenolic OH excluding ortho intramolecular Hbond substituents is 1. The van der Waals surface area contributed by atoms with E-state index in [-0.39, 0.29) is 18.0 Å². The topological polar surface area (TPSA) is 123 Å². The largest absolute Gasteiger partial charge is 0.507 e. The van der Waals surface area contributed by atoms with Gasteiger partial charge in [0.2, 0.25) is 0 Å². The van der Waals surface area contributed by atoms with Crippen molar-refractivity contribution in [3.8, 4) is 5.75 Å². The van der Waals surface area contributed by atoms with E-state index in [0.717, 1.165) is 21.5 Å². The number of carbonyl (C=O) groups excluding carboxylic acids is 1. The molecular formula is C12H10BrN5O4. The number of aromatic nitrogens is 2. The lowest BCUT2D eigenvalue weighted by Crippen LogP contribution is -2.23. The van der Waals surface area contributed by atoms with Crippen molar-refractivity contribution < 1.29 is 14.8 Å². The lowest BCUT2D eigenvalue weighted by molar-refractivity contribution is -0.385. The van der Waals surface area contributed by atoms with Crippen molar-refractivity contribution in [1.29, 1.82) is 0 Å². The summed E-state index contributed by atoms with van der Waals surface area (Å²) in [4.78, 5) is 21.5. The molecule has 0 aliphatic rings. The summed E-state index contributed by atoms with van der Waals surface area (Å²) >= 11 is 3.25. The summed E-state index contributed by atoms with van der Waals surface area (Å²) in [6.07, 6.45) is 3.48. The van der Waals surface area contributed by atoms with E-state index in [1.807, 2.05) is 0 Å². The van der Waals surface area contributed by atoms with Crippen molar-refractivity contribution in [3.05, 3.63) is 50.7 Å². The first kappa shape index (κ1) is 15.6. The van der Waals surface area contributed by atoms with Crippen molar-refractivity contribution in [2.75, 3.05) is 0 Å². The number of halogens is 1. The molecule has 114 valence electrons. The van der Waals surface area contributed by atoms with Gasteiger partial charge >= 0.3 is 5.69 Å². The molecule has 2 aromatic rings. The minimum Gasteiger partial charge on any atom is -0.507 e. The van der Waals surface area contributed by atoms with Gasteiger partial charge in [-0.05, 0) is 18.2 Å². The van der Waals surface area contributed by atoms with Crippen LogP contribution in [0.3, 0.4) is 0 Å². The Bertz CT molecular complexity index is 743. The van der Waals surface area contributed by atoms with E-state index in [4.69, 9.17) is 0 Å². The zero-order chi connectivity index (χ0) is 16.1. The number of phenols is 1. The molecule has 0 aliphatic carbocycles. The number of carbonyl (C=O) groups is 1. The summed E-state index contributed by atoms with van der Waals surface area (Å²) < 4.78 is 1.88. The van der Waals surface area contributed by atoms with Gasteiger partial charge in [0.1, 0.15) is 24.7 Å². The van der Waals surface area contributed by atoms with Crippen LogP contribution in [-0.2, 0) is 11.3 Å². The molecule has 0 unspecified atom stereocenters. The molecule has 9 nitrogen and oxygen atoms in total. The number of nitrogens with one attached hydrogen (secondary N) is 1. The van der Waals surface area contributed by atoms with E-state index in [9.17, 15) is 20.0 Å². The Morgan fingerprint density at radius 3 is 3.05 bits per heavy atom. The molecule has 0 fully saturated rings. The van der Waals surface area contributed by atoms with Gasteiger partial charge in [-0.3, -0.25) is 19.6 Å². The highest BCUT2D eigenvalue weighted by atomic mass is 79.9. The first-order valence-electron chi connectivity index (χ1n) is 5.93. The maximum atomic E-state index is 11.6. The third kappa shape index (κ3) is 4.12. The Hall–Kier alpha value is -2.75. The molecule has 0 aliphatic heterocycles. The molecule has 0 radical (unpaired) electrons. The summed E-state index contributed by atoms with van der Waals surface area (Å²) in [7, 11) is 0. The summed E-state index contributed by atoms with van der Waals surface area (Å²) in [5, 5.41) is 27.5. The van der Waals surface area contributed by atoms with Crippen LogP contribution in [0.5, 0.6) is 5.75 Å². The third-order valence-corrected chi connectivity index (χ3v) is 3.01. The van der Waals surface area contributed by atoms with Crippen molar-refractivity contribution in [1.82, 2.24) is 15.2 Å². The second-order valence-corrected chi connectivity index (χ2v) is 5.07. The molecule has 22 heavy (non-hydrogen) atoms. The van der Waals surface area contributed by atoms with Crippen LogP contribution in [-0.4, -0.2) is 31.9 Å². The minimum absolute atomic E-state index is 0.0175. The van der Waals surface area contributed by atoms with E-state index in [1.54, 1.807) is 12.1 Å². The lowest BCUT2D eigenvalue weighted by Gasteiger charge is -2.01. The van der Waals surface area contributed by atoms with Gasteiger partial charge in [-0.1, -0.05) is 15.9 Å². The van der Waals surface area contributed by atoms with E-state index in [1.165, 1.54) is 12.3 Å². The Morgan fingerprint density at radius 1 is 1.59 bits per heavy atom. The molecule has 1 heterocycles. The highest BCUT2D eigenvalue weighted by molar-refractivity contribution is 9.10. The van der Waals surface area contributed by atoms with E-state index >= 15 is 0 Å². The van der Waals surface area contributed by atoms with Crippen LogP contribution in [0.25, 0.3) is 0 Å². The lowest BCUT2D eigenvalue weighted by atomic mass is 10.2. The Balaban J connectivity index is 1.93. The predicted molar refractivity (Wildman–Crippen MR) is 80.4 cm³/mol. The molecule has 0 spiro atoms. The van der Waals surface area contributed by atoms with Crippen molar-refractivity contribution in [3.63, 3.8) is 0 Å². The maximum Gasteiger partial charge on any atom is 0.307 e. The van der Waals surface area contributed by atoms with Gasteiger partial charge in [-0.2, -0.15) is 10.2 Å². The molecule has 1 aromatic carbocycles. The number of amides is 1. The standard InChI is InChI=1S/C12H10BrN5O4/c13-9-1-2-11(19)8(3-9)4-14-16-12(20)7-17-6-10(5-15-17)18(21)22/h1-6,19H,7H2,(H,16,20). The monoisotopic (exact) mass is 367 g/mol. The van der Waals surface area contributed by atoms with E-state index in [2.05, 4.69) is 31.6 Å². The molecule has 2 N–H and O–H groups in total. The van der Waals surface area contributed by atoms with Crippen LogP contribution >= 0.6 is 15.9 Å². The number of benzene rings is 1. The second kappa shape index (κ2) is 6.80. The van der Waals surface area contributed by atoms with Gasteiger partial charge in [-0.15, -0.1) is 0 Å². The summed E-state index contributed by atoms with van der Waals surface area (Å²) in [6.45, 7) is -0.213. The van der Waals surface area contributed by atoms with E-state index < -0.39 is 10.8 Å². The molecule has 0 saturated heterocycles. The fourth-order valence-corrected chi connectivity index (χ4v) is 1.90. The fraction of sp³-hybridized carbons (Fsp3) is 0.0833. The quantitative estimate of drug-likeness (QED) is 0.469. The molecule has 0 bridgehead atoms. The molecular weight excluding hydrogens is 358 g/mol. The molecule has 0 atom stereocenters. The number of hydrazone groups is 1. The molecule has 1 aromatic heterocycles. The van der Waals surface area contributed by atoms with Gasteiger partial charge in [0.05, 0.1) is 11.1 Å². The number of hydrogen-bond donors (Lipinski definition) is 2. The summed E-state index contributed by atoms with van der Waals surface area (Å²) in [6, 6.07) is 4.77. The van der Waals surface area contributed by atoms with Crippen LogP contribution in [0, 0.1) is 10.1 Å². The van der Waals surface area contributed by atoms with Crippen LogP contribution in [0.4, 0.5) is 5.69 Å². The third-order valence-electron chi connectivity index (χ3n) is 2.52. The van der Waals surface area contributed by atoms with Crippen molar-refractivity contribution in [2.24, 2.45) is 5.10 Å². The molecule has 2 rings (SSSR count). The molecule has 1 amide bonds. The number of nitrogens with zero attached hydrogens (tertiary/aromatic N) is 4. The van der Waals surface area contributed by atoms with Crippen LogP contribution in [0.1, 0.15) is 5.56 Å². The zero-order valence-corrected chi connectivity index (χ0v) is 12.6. The van der Waals surface area contributed by atoms with Gasteiger partial charge < -0.3 is 5.11 Å². The Morgan fingerprint density at radius 2 is 2.36 bits per heavy atom. The average molecular weight is 368 g/mol. The van der Waals surface area contributed by atoms with Gasteiger partial charge in [-0.25, -0.2) is 5.43 Å².